The van der Waals surface area contributed by atoms with Crippen LogP contribution in [0.3, 0.4) is 0 Å². The van der Waals surface area contributed by atoms with Gasteiger partial charge in [0, 0.05) is 24.9 Å². The molecule has 0 atom stereocenters. The molecule has 2 aromatic carbocycles. The Morgan fingerprint density at radius 3 is 2.70 bits per heavy atom. The number of nitrogens with one attached hydrogen (secondary N) is 1. The summed E-state index contributed by atoms with van der Waals surface area (Å²) in [5, 5.41) is 22.2. The highest BCUT2D eigenvalue weighted by Crippen LogP contribution is 2.16. The zero-order valence-corrected chi connectivity index (χ0v) is 15.8. The quantitative estimate of drug-likeness (QED) is 0.373. The van der Waals surface area contributed by atoms with Gasteiger partial charge in [-0.1, -0.05) is 30.3 Å². The molecule has 30 heavy (non-hydrogen) atoms. The number of rotatable bonds is 7. The molecule has 150 valence electrons. The van der Waals surface area contributed by atoms with E-state index in [1.54, 1.807) is 35.4 Å². The Labute approximate surface area is 170 Å². The fourth-order valence-corrected chi connectivity index (χ4v) is 2.98. The zero-order chi connectivity index (χ0) is 20.9. The van der Waals surface area contributed by atoms with Gasteiger partial charge in [-0.3, -0.25) is 14.9 Å². The van der Waals surface area contributed by atoms with Gasteiger partial charge in [0.05, 0.1) is 17.2 Å². The van der Waals surface area contributed by atoms with Crippen LogP contribution in [-0.2, 0) is 13.1 Å². The highest BCUT2D eigenvalue weighted by molar-refractivity contribution is 5.92. The molecule has 0 aliphatic rings. The lowest BCUT2D eigenvalue weighted by molar-refractivity contribution is -0.384. The normalized spacial score (nSPS) is 10.7. The van der Waals surface area contributed by atoms with E-state index in [2.05, 4.69) is 20.5 Å². The van der Waals surface area contributed by atoms with Gasteiger partial charge >= 0.3 is 0 Å². The van der Waals surface area contributed by atoms with E-state index >= 15 is 0 Å². The van der Waals surface area contributed by atoms with Crippen molar-refractivity contribution in [3.05, 3.63) is 100 Å². The Balaban J connectivity index is 1.45. The summed E-state index contributed by atoms with van der Waals surface area (Å²) in [5.41, 5.74) is 2.65. The number of benzene rings is 2. The zero-order valence-electron chi connectivity index (χ0n) is 15.8. The van der Waals surface area contributed by atoms with E-state index in [-0.39, 0.29) is 17.3 Å². The van der Waals surface area contributed by atoms with Crippen LogP contribution in [0.4, 0.5) is 5.69 Å². The van der Waals surface area contributed by atoms with Gasteiger partial charge in [-0.05, 0) is 23.3 Å². The van der Waals surface area contributed by atoms with Gasteiger partial charge in [-0.2, -0.15) is 10.2 Å². The Hall–Kier alpha value is -4.34. The molecule has 0 saturated heterocycles. The molecule has 4 aromatic rings. The van der Waals surface area contributed by atoms with Gasteiger partial charge in [-0.25, -0.2) is 14.3 Å². The van der Waals surface area contributed by atoms with E-state index in [9.17, 15) is 14.9 Å². The first-order valence-electron chi connectivity index (χ1n) is 9.08. The molecule has 2 heterocycles. The molecule has 0 spiro atoms. The molecular formula is C20H17N7O3. The number of nitro benzene ring substituents is 1. The number of carbonyl (C=O) groups excluding carboxylic acids is 1. The summed E-state index contributed by atoms with van der Waals surface area (Å²) in [5.74, 6) is -0.338. The maximum absolute atomic E-state index is 12.5. The molecule has 1 N–H and O–H groups in total. The van der Waals surface area contributed by atoms with Crippen LogP contribution in [-0.4, -0.2) is 35.4 Å². The second-order valence-electron chi connectivity index (χ2n) is 6.47. The maximum Gasteiger partial charge on any atom is 0.272 e. The highest BCUT2D eigenvalue weighted by Gasteiger charge is 2.13. The standard InChI is InChI=1S/C20H17N7O3/c28-20(19-8-9-26(24-19)17-6-3-7-18(10-17)27(29)30)22-11-15-4-1-2-5-16(15)12-25-14-21-13-23-25/h1-10,13-14H,11-12H2,(H,22,28). The van der Waals surface area contributed by atoms with Gasteiger partial charge in [0.2, 0.25) is 0 Å². The molecule has 10 heteroatoms. The van der Waals surface area contributed by atoms with Crippen molar-refractivity contribution in [1.29, 1.82) is 0 Å². The summed E-state index contributed by atoms with van der Waals surface area (Å²) in [4.78, 5) is 27.0. The van der Waals surface area contributed by atoms with Crippen LogP contribution < -0.4 is 5.32 Å². The van der Waals surface area contributed by atoms with Crippen LogP contribution >= 0.6 is 0 Å². The van der Waals surface area contributed by atoms with Crippen molar-refractivity contribution in [3.8, 4) is 5.69 Å². The number of carbonyl (C=O) groups is 1. The minimum Gasteiger partial charge on any atom is -0.347 e. The summed E-state index contributed by atoms with van der Waals surface area (Å²) in [6, 6.07) is 15.4. The van der Waals surface area contributed by atoms with E-state index in [1.807, 2.05) is 24.3 Å². The summed E-state index contributed by atoms with van der Waals surface area (Å²) in [7, 11) is 0. The third-order valence-electron chi connectivity index (χ3n) is 4.48. The fourth-order valence-electron chi connectivity index (χ4n) is 2.98. The third kappa shape index (κ3) is 4.22. The van der Waals surface area contributed by atoms with Crippen molar-refractivity contribution >= 4 is 11.6 Å². The summed E-state index contributed by atoms with van der Waals surface area (Å²) < 4.78 is 3.14. The van der Waals surface area contributed by atoms with Crippen LogP contribution in [0.2, 0.25) is 0 Å². The summed E-state index contributed by atoms with van der Waals surface area (Å²) in [6.45, 7) is 0.876. The van der Waals surface area contributed by atoms with E-state index in [4.69, 9.17) is 0 Å². The SMILES string of the molecule is O=C(NCc1ccccc1Cn1cncn1)c1ccn(-c2cccc([N+](=O)[O-])c2)n1. The predicted octanol–water partition coefficient (Wildman–Crippen LogP) is 2.35. The van der Waals surface area contributed by atoms with E-state index in [0.29, 0.717) is 18.8 Å². The van der Waals surface area contributed by atoms with Crippen LogP contribution in [0.25, 0.3) is 5.69 Å². The Bertz CT molecular complexity index is 1180. The number of amides is 1. The number of nitrogens with zero attached hydrogens (tertiary/aromatic N) is 6. The van der Waals surface area contributed by atoms with Gasteiger partial charge in [0.25, 0.3) is 11.6 Å². The average molecular weight is 403 g/mol. The lowest BCUT2D eigenvalue weighted by atomic mass is 10.1. The molecule has 2 aromatic heterocycles. The first-order chi connectivity index (χ1) is 14.6. The summed E-state index contributed by atoms with van der Waals surface area (Å²) >= 11 is 0. The molecule has 0 aliphatic carbocycles. The minimum atomic E-state index is -0.475. The highest BCUT2D eigenvalue weighted by atomic mass is 16.6. The number of hydrogen-bond donors (Lipinski definition) is 1. The smallest absolute Gasteiger partial charge is 0.272 e. The third-order valence-corrected chi connectivity index (χ3v) is 4.48. The van der Waals surface area contributed by atoms with E-state index in [0.717, 1.165) is 11.1 Å². The second-order valence-corrected chi connectivity index (χ2v) is 6.47. The van der Waals surface area contributed by atoms with Gasteiger partial charge in [0.1, 0.15) is 12.7 Å². The largest absolute Gasteiger partial charge is 0.347 e. The minimum absolute atomic E-state index is 0.0435. The van der Waals surface area contributed by atoms with Crippen LogP contribution in [0.1, 0.15) is 21.6 Å². The second kappa shape index (κ2) is 8.35. The van der Waals surface area contributed by atoms with Crippen LogP contribution in [0, 0.1) is 10.1 Å². The van der Waals surface area contributed by atoms with Crippen molar-refractivity contribution in [1.82, 2.24) is 29.9 Å². The van der Waals surface area contributed by atoms with E-state index in [1.165, 1.54) is 23.1 Å². The Kier molecular flexibility index (Phi) is 5.29. The molecule has 0 saturated carbocycles. The lowest BCUT2D eigenvalue weighted by Gasteiger charge is -2.10. The molecule has 0 unspecified atom stereocenters. The number of hydrogen-bond acceptors (Lipinski definition) is 6. The monoisotopic (exact) mass is 403 g/mol. The van der Waals surface area contributed by atoms with Crippen molar-refractivity contribution in [2.75, 3.05) is 0 Å². The number of non-ortho nitro benzene ring substituents is 1. The fraction of sp³-hybridized carbons (Fsp3) is 0.100. The number of aromatic nitrogens is 5. The topological polar surface area (TPSA) is 121 Å². The molecule has 0 radical (unpaired) electrons. The van der Waals surface area contributed by atoms with Crippen molar-refractivity contribution in [2.24, 2.45) is 0 Å². The van der Waals surface area contributed by atoms with Crippen molar-refractivity contribution in [2.45, 2.75) is 13.1 Å². The van der Waals surface area contributed by atoms with Gasteiger partial charge < -0.3 is 5.32 Å². The number of nitro groups is 1. The van der Waals surface area contributed by atoms with Crippen molar-refractivity contribution < 1.29 is 9.72 Å². The summed E-state index contributed by atoms with van der Waals surface area (Å²) in [6.07, 6.45) is 4.70. The van der Waals surface area contributed by atoms with Crippen LogP contribution in [0.5, 0.6) is 0 Å². The molecule has 0 aliphatic heterocycles. The van der Waals surface area contributed by atoms with Gasteiger partial charge in [-0.15, -0.1) is 0 Å². The Morgan fingerprint density at radius 2 is 1.93 bits per heavy atom. The first-order valence-corrected chi connectivity index (χ1v) is 9.08. The van der Waals surface area contributed by atoms with Gasteiger partial charge in [0.15, 0.2) is 5.69 Å². The molecule has 10 nitrogen and oxygen atoms in total. The van der Waals surface area contributed by atoms with Crippen LogP contribution in [0.15, 0.2) is 73.4 Å². The molecule has 1 amide bonds. The average Bonchev–Trinajstić information content (AvgIpc) is 3.45. The predicted molar refractivity (Wildman–Crippen MR) is 107 cm³/mol. The van der Waals surface area contributed by atoms with E-state index < -0.39 is 4.92 Å². The molecule has 0 fully saturated rings. The first kappa shape index (κ1) is 19.0. The lowest BCUT2D eigenvalue weighted by Crippen LogP contribution is -2.24. The molecule has 4 rings (SSSR count). The Morgan fingerprint density at radius 1 is 1.10 bits per heavy atom. The maximum atomic E-state index is 12.5. The molecular weight excluding hydrogens is 386 g/mol. The molecule has 0 bridgehead atoms. The van der Waals surface area contributed by atoms with Crippen molar-refractivity contribution in [3.63, 3.8) is 0 Å².